The first-order valence-electron chi connectivity index (χ1n) is 5.60. The molecule has 0 aliphatic rings. The molecule has 0 atom stereocenters. The second kappa shape index (κ2) is 7.81. The predicted octanol–water partition coefficient (Wildman–Crippen LogP) is 0.902. The normalized spacial score (nSPS) is 10.3. The summed E-state index contributed by atoms with van der Waals surface area (Å²) in [5, 5.41) is 6.11. The van der Waals surface area contributed by atoms with Crippen LogP contribution in [0.25, 0.3) is 0 Å². The van der Waals surface area contributed by atoms with Crippen molar-refractivity contribution in [2.24, 2.45) is 0 Å². The monoisotopic (exact) mass is 240 g/mol. The van der Waals surface area contributed by atoms with E-state index in [1.807, 2.05) is 6.92 Å². The van der Waals surface area contributed by atoms with Crippen molar-refractivity contribution in [2.45, 2.75) is 6.92 Å². The molecule has 6 heteroatoms. The van der Waals surface area contributed by atoms with E-state index >= 15 is 0 Å². The lowest BCUT2D eigenvalue weighted by Gasteiger charge is -2.09. The highest BCUT2D eigenvalue weighted by Crippen LogP contribution is 2.11. The van der Waals surface area contributed by atoms with Crippen LogP contribution in [0.1, 0.15) is 5.56 Å². The zero-order chi connectivity index (χ0) is 12.5. The summed E-state index contributed by atoms with van der Waals surface area (Å²) in [5.41, 5.74) is 1.01. The highest BCUT2D eigenvalue weighted by atomic mass is 16.5. The third-order valence-corrected chi connectivity index (χ3v) is 2.17. The summed E-state index contributed by atoms with van der Waals surface area (Å²) >= 11 is 0. The molecule has 0 unspecified atom stereocenters. The van der Waals surface area contributed by atoms with Gasteiger partial charge in [0, 0.05) is 32.5 Å². The van der Waals surface area contributed by atoms with Crippen LogP contribution in [0.4, 0.5) is 11.8 Å². The standard InChI is InChI=1S/C11H20N4O2/c1-9-8-14-11(12-2)15-10(9)13-4-5-17-7-6-16-3/h8H,4-7H2,1-3H3,(H2,12,13,14,15). The smallest absolute Gasteiger partial charge is 0.224 e. The van der Waals surface area contributed by atoms with Crippen molar-refractivity contribution in [3.63, 3.8) is 0 Å². The molecule has 0 amide bonds. The second-order valence-electron chi connectivity index (χ2n) is 3.51. The molecule has 0 aliphatic carbocycles. The largest absolute Gasteiger partial charge is 0.382 e. The molecular formula is C11H20N4O2. The molecule has 1 rings (SSSR count). The minimum absolute atomic E-state index is 0.610. The van der Waals surface area contributed by atoms with Crippen LogP contribution in [-0.2, 0) is 9.47 Å². The predicted molar refractivity (Wildman–Crippen MR) is 67.5 cm³/mol. The number of rotatable bonds is 8. The summed E-state index contributed by atoms with van der Waals surface area (Å²) in [5.74, 6) is 1.44. The average Bonchev–Trinajstić information content (AvgIpc) is 2.35. The summed E-state index contributed by atoms with van der Waals surface area (Å²) in [6.07, 6.45) is 1.78. The van der Waals surface area contributed by atoms with Crippen molar-refractivity contribution in [2.75, 3.05) is 51.2 Å². The fraction of sp³-hybridized carbons (Fsp3) is 0.636. The highest BCUT2D eigenvalue weighted by Gasteiger charge is 2.01. The summed E-state index contributed by atoms with van der Waals surface area (Å²) < 4.78 is 10.2. The van der Waals surface area contributed by atoms with E-state index in [0.29, 0.717) is 32.3 Å². The molecule has 0 aromatic carbocycles. The zero-order valence-corrected chi connectivity index (χ0v) is 10.6. The van der Waals surface area contributed by atoms with E-state index in [0.717, 1.165) is 11.4 Å². The summed E-state index contributed by atoms with van der Waals surface area (Å²) in [6, 6.07) is 0. The Bertz CT molecular complexity index is 333. The Kier molecular flexibility index (Phi) is 6.27. The van der Waals surface area contributed by atoms with Crippen LogP contribution in [0.3, 0.4) is 0 Å². The fourth-order valence-corrected chi connectivity index (χ4v) is 1.23. The third kappa shape index (κ3) is 4.97. The number of hydrogen-bond donors (Lipinski definition) is 2. The second-order valence-corrected chi connectivity index (χ2v) is 3.51. The number of anilines is 2. The van der Waals surface area contributed by atoms with Crippen molar-refractivity contribution < 1.29 is 9.47 Å². The fourth-order valence-electron chi connectivity index (χ4n) is 1.23. The molecular weight excluding hydrogens is 220 g/mol. The van der Waals surface area contributed by atoms with Crippen molar-refractivity contribution >= 4 is 11.8 Å². The van der Waals surface area contributed by atoms with Gasteiger partial charge in [-0.15, -0.1) is 0 Å². The molecule has 2 N–H and O–H groups in total. The topological polar surface area (TPSA) is 68.3 Å². The number of hydrogen-bond acceptors (Lipinski definition) is 6. The average molecular weight is 240 g/mol. The number of nitrogens with zero attached hydrogens (tertiary/aromatic N) is 2. The molecule has 6 nitrogen and oxygen atoms in total. The maximum Gasteiger partial charge on any atom is 0.224 e. The molecule has 0 radical (unpaired) electrons. The van der Waals surface area contributed by atoms with Gasteiger partial charge in [-0.1, -0.05) is 0 Å². The van der Waals surface area contributed by atoms with Crippen molar-refractivity contribution in [3.8, 4) is 0 Å². The van der Waals surface area contributed by atoms with E-state index in [1.54, 1.807) is 20.4 Å². The molecule has 0 fully saturated rings. The maximum absolute atomic E-state index is 5.35. The number of methoxy groups -OCH3 is 1. The Hall–Kier alpha value is -1.40. The lowest BCUT2D eigenvalue weighted by molar-refractivity contribution is 0.0759. The minimum atomic E-state index is 0.610. The Morgan fingerprint density at radius 2 is 2.12 bits per heavy atom. The summed E-state index contributed by atoms with van der Waals surface area (Å²) in [6.45, 7) is 4.54. The number of aromatic nitrogens is 2. The molecule has 0 aliphatic heterocycles. The van der Waals surface area contributed by atoms with E-state index in [1.165, 1.54) is 0 Å². The van der Waals surface area contributed by atoms with Gasteiger partial charge in [0.25, 0.3) is 0 Å². The summed E-state index contributed by atoms with van der Waals surface area (Å²) in [4.78, 5) is 8.43. The van der Waals surface area contributed by atoms with E-state index in [2.05, 4.69) is 20.6 Å². The van der Waals surface area contributed by atoms with Crippen LogP contribution in [0.5, 0.6) is 0 Å². The van der Waals surface area contributed by atoms with Gasteiger partial charge in [0.2, 0.25) is 5.95 Å². The van der Waals surface area contributed by atoms with Crippen LogP contribution in [0.15, 0.2) is 6.20 Å². The maximum atomic E-state index is 5.35. The van der Waals surface area contributed by atoms with Crippen LogP contribution in [0, 0.1) is 6.92 Å². The van der Waals surface area contributed by atoms with E-state index in [4.69, 9.17) is 9.47 Å². The number of aryl methyl sites for hydroxylation is 1. The zero-order valence-electron chi connectivity index (χ0n) is 10.6. The molecule has 96 valence electrons. The number of ether oxygens (including phenoxy) is 2. The van der Waals surface area contributed by atoms with Crippen LogP contribution in [-0.4, -0.2) is 50.5 Å². The van der Waals surface area contributed by atoms with Crippen molar-refractivity contribution in [3.05, 3.63) is 11.8 Å². The van der Waals surface area contributed by atoms with Gasteiger partial charge in [-0.25, -0.2) is 4.98 Å². The van der Waals surface area contributed by atoms with Gasteiger partial charge in [-0.3, -0.25) is 0 Å². The first-order chi connectivity index (χ1) is 8.27. The molecule has 1 aromatic heterocycles. The molecule has 0 saturated heterocycles. The molecule has 1 aromatic rings. The highest BCUT2D eigenvalue weighted by molar-refractivity contribution is 5.46. The van der Waals surface area contributed by atoms with Gasteiger partial charge < -0.3 is 20.1 Å². The lowest BCUT2D eigenvalue weighted by atomic mass is 10.3. The van der Waals surface area contributed by atoms with Crippen LogP contribution < -0.4 is 10.6 Å². The SMILES string of the molecule is CNc1ncc(C)c(NCCOCCOC)n1. The van der Waals surface area contributed by atoms with Gasteiger partial charge >= 0.3 is 0 Å². The van der Waals surface area contributed by atoms with Crippen LogP contribution >= 0.6 is 0 Å². The van der Waals surface area contributed by atoms with E-state index in [-0.39, 0.29) is 0 Å². The Morgan fingerprint density at radius 3 is 2.82 bits per heavy atom. The molecule has 0 saturated carbocycles. The molecule has 17 heavy (non-hydrogen) atoms. The van der Waals surface area contributed by atoms with Gasteiger partial charge in [-0.2, -0.15) is 4.98 Å². The minimum Gasteiger partial charge on any atom is -0.382 e. The Labute approximate surface area is 102 Å². The molecule has 0 spiro atoms. The third-order valence-electron chi connectivity index (χ3n) is 2.17. The summed E-state index contributed by atoms with van der Waals surface area (Å²) in [7, 11) is 3.45. The van der Waals surface area contributed by atoms with Gasteiger partial charge in [0.05, 0.1) is 19.8 Å². The van der Waals surface area contributed by atoms with E-state index < -0.39 is 0 Å². The van der Waals surface area contributed by atoms with Gasteiger partial charge in [-0.05, 0) is 6.92 Å². The van der Waals surface area contributed by atoms with Gasteiger partial charge in [0.1, 0.15) is 5.82 Å². The molecule has 0 bridgehead atoms. The quantitative estimate of drug-likeness (QED) is 0.658. The van der Waals surface area contributed by atoms with Crippen molar-refractivity contribution in [1.29, 1.82) is 0 Å². The Balaban J connectivity index is 2.30. The lowest BCUT2D eigenvalue weighted by Crippen LogP contribution is -2.14. The van der Waals surface area contributed by atoms with Crippen molar-refractivity contribution in [1.82, 2.24) is 9.97 Å². The van der Waals surface area contributed by atoms with Gasteiger partial charge in [0.15, 0.2) is 0 Å². The van der Waals surface area contributed by atoms with E-state index in [9.17, 15) is 0 Å². The first kappa shape index (κ1) is 13.7. The Morgan fingerprint density at radius 1 is 1.29 bits per heavy atom. The number of nitrogens with one attached hydrogen (secondary N) is 2. The van der Waals surface area contributed by atoms with Crippen LogP contribution in [0.2, 0.25) is 0 Å². The first-order valence-corrected chi connectivity index (χ1v) is 5.60. The molecule has 1 heterocycles.